The zero-order valence-corrected chi connectivity index (χ0v) is 23.5. The van der Waals surface area contributed by atoms with Crippen molar-refractivity contribution in [2.24, 2.45) is 0 Å². The van der Waals surface area contributed by atoms with E-state index in [0.717, 1.165) is 17.4 Å². The molecule has 1 N–H and O–H groups in total. The quantitative estimate of drug-likeness (QED) is 0.327. The number of anilines is 2. The van der Waals surface area contributed by atoms with Gasteiger partial charge in [-0.05, 0) is 49.7 Å². The van der Waals surface area contributed by atoms with E-state index in [1.54, 1.807) is 37.4 Å². The summed E-state index contributed by atoms with van der Waals surface area (Å²) in [6.07, 6.45) is -3.88. The smallest absolute Gasteiger partial charge is 0.406 e. The summed E-state index contributed by atoms with van der Waals surface area (Å²) in [6, 6.07) is 10.7. The second-order valence-corrected chi connectivity index (χ2v) is 12.0. The minimum atomic E-state index is -4.48. The van der Waals surface area contributed by atoms with Gasteiger partial charge in [0.25, 0.3) is 0 Å². The molecule has 1 saturated heterocycles. The number of likely N-dealkylation sites (tertiary alicyclic amines) is 1. The summed E-state index contributed by atoms with van der Waals surface area (Å²) in [7, 11) is 1.61. The minimum absolute atomic E-state index is 0.0635. The molecule has 0 spiro atoms. The maximum absolute atomic E-state index is 14.9. The van der Waals surface area contributed by atoms with Crippen molar-refractivity contribution in [3.05, 3.63) is 48.2 Å². The van der Waals surface area contributed by atoms with Gasteiger partial charge in [-0.15, -0.1) is 0 Å². The van der Waals surface area contributed by atoms with Gasteiger partial charge in [0.2, 0.25) is 0 Å². The first-order chi connectivity index (χ1) is 18.8. The molecular formula is C28H32F4N4O3S. The Morgan fingerprint density at radius 1 is 1.20 bits per heavy atom. The topological polar surface area (TPSA) is 66.8 Å². The van der Waals surface area contributed by atoms with Gasteiger partial charge in [0.1, 0.15) is 18.5 Å². The van der Waals surface area contributed by atoms with E-state index in [-0.39, 0.29) is 17.1 Å². The van der Waals surface area contributed by atoms with E-state index < -0.39 is 34.8 Å². The Balaban J connectivity index is 1.64. The number of hydrogen-bond acceptors (Lipinski definition) is 6. The molecule has 0 amide bonds. The fourth-order valence-electron chi connectivity index (χ4n) is 5.01. The molecule has 2 atom stereocenters. The zero-order valence-electron chi connectivity index (χ0n) is 22.7. The van der Waals surface area contributed by atoms with Gasteiger partial charge in [-0.3, -0.25) is 0 Å². The summed E-state index contributed by atoms with van der Waals surface area (Å²) < 4.78 is 85.7. The fourth-order valence-corrected chi connectivity index (χ4v) is 5.65. The number of rotatable bonds is 7. The first-order valence-corrected chi connectivity index (χ1v) is 14.5. The van der Waals surface area contributed by atoms with Crippen LogP contribution in [0.2, 0.25) is 0 Å². The van der Waals surface area contributed by atoms with Gasteiger partial charge < -0.3 is 24.4 Å². The lowest BCUT2D eigenvalue weighted by atomic mass is 10.0. The lowest BCUT2D eigenvalue weighted by Gasteiger charge is -2.39. The van der Waals surface area contributed by atoms with Gasteiger partial charge in [0.15, 0.2) is 9.84 Å². The van der Waals surface area contributed by atoms with Gasteiger partial charge in [0.05, 0.1) is 41.5 Å². The number of aromatic nitrogens is 1. The largest absolute Gasteiger partial charge is 0.495 e. The molecule has 3 aromatic rings. The van der Waals surface area contributed by atoms with Crippen LogP contribution in [0.15, 0.2) is 47.4 Å². The van der Waals surface area contributed by atoms with E-state index in [1.807, 2.05) is 16.8 Å². The van der Waals surface area contributed by atoms with E-state index in [0.29, 0.717) is 41.0 Å². The van der Waals surface area contributed by atoms with Crippen LogP contribution in [0.5, 0.6) is 5.75 Å². The van der Waals surface area contributed by atoms with Crippen LogP contribution in [0.1, 0.15) is 12.1 Å². The Labute approximate surface area is 231 Å². The zero-order chi connectivity index (χ0) is 29.2. The predicted molar refractivity (Wildman–Crippen MR) is 149 cm³/mol. The maximum atomic E-state index is 14.9. The summed E-state index contributed by atoms with van der Waals surface area (Å²) >= 11 is 0. The average molecular weight is 581 g/mol. The standard InChI is InChI=1S/C28H32F4N4O3S/c1-34-14-12-26(22(29)17-34)35(2)24-8-5-9-25-21(24)15-19(36(25)18-28(30,31)32)7-6-13-33-23-11-10-20(40(4,37)38)16-27(23)39-3/h5,8-11,15-16,22,26,33H,12-14,17-18H2,1-4H3/t22-,26+/m1/s1. The average Bonchev–Trinajstić information content (AvgIpc) is 3.21. The van der Waals surface area contributed by atoms with Crippen LogP contribution in [-0.2, 0) is 16.4 Å². The van der Waals surface area contributed by atoms with Gasteiger partial charge in [-0.2, -0.15) is 13.2 Å². The van der Waals surface area contributed by atoms with E-state index in [9.17, 15) is 26.0 Å². The molecule has 1 aliphatic rings. The van der Waals surface area contributed by atoms with Crippen LogP contribution in [0, 0.1) is 11.8 Å². The Kier molecular flexibility index (Phi) is 8.56. The highest BCUT2D eigenvalue weighted by atomic mass is 32.2. The second kappa shape index (κ2) is 11.6. The third-order valence-corrected chi connectivity index (χ3v) is 8.14. The lowest BCUT2D eigenvalue weighted by molar-refractivity contribution is -0.140. The predicted octanol–water partition coefficient (Wildman–Crippen LogP) is 4.56. The van der Waals surface area contributed by atoms with E-state index in [2.05, 4.69) is 17.2 Å². The minimum Gasteiger partial charge on any atom is -0.495 e. The Morgan fingerprint density at radius 3 is 2.60 bits per heavy atom. The van der Waals surface area contributed by atoms with Gasteiger partial charge in [-0.25, -0.2) is 12.8 Å². The first-order valence-electron chi connectivity index (χ1n) is 12.6. The van der Waals surface area contributed by atoms with Crippen molar-refractivity contribution < 1.29 is 30.7 Å². The summed E-state index contributed by atoms with van der Waals surface area (Å²) in [4.78, 5) is 3.84. The van der Waals surface area contributed by atoms with E-state index >= 15 is 0 Å². The number of nitrogens with one attached hydrogen (secondary N) is 1. The van der Waals surface area contributed by atoms with Crippen LogP contribution in [-0.4, -0.2) is 83.4 Å². The molecule has 2 heterocycles. The molecule has 0 radical (unpaired) electrons. The number of ether oxygens (including phenoxy) is 1. The number of halogens is 4. The van der Waals surface area contributed by atoms with Crippen molar-refractivity contribution in [1.29, 1.82) is 0 Å². The molecule has 1 fully saturated rings. The first kappa shape index (κ1) is 29.6. The number of fused-ring (bicyclic) bond motifs is 1. The van der Waals surface area contributed by atoms with Crippen molar-refractivity contribution in [1.82, 2.24) is 9.47 Å². The number of methoxy groups -OCH3 is 1. The molecule has 1 aromatic heterocycles. The summed E-state index contributed by atoms with van der Waals surface area (Å²) in [5, 5.41) is 3.58. The molecule has 1 aliphatic heterocycles. The number of nitrogens with zero attached hydrogens (tertiary/aromatic N) is 3. The highest BCUT2D eigenvalue weighted by Gasteiger charge is 2.33. The number of benzene rings is 2. The van der Waals surface area contributed by atoms with Crippen LogP contribution in [0.25, 0.3) is 10.9 Å². The normalized spacial score (nSPS) is 18.3. The monoisotopic (exact) mass is 580 g/mol. The SMILES string of the molecule is COc1cc(S(C)(=O)=O)ccc1NCC#Cc1cc2c(N(C)[C@H]3CCN(C)C[C@H]3F)cccc2n1CC(F)(F)F. The van der Waals surface area contributed by atoms with Crippen molar-refractivity contribution in [2.45, 2.75) is 36.3 Å². The molecule has 12 heteroatoms. The van der Waals surface area contributed by atoms with Crippen LogP contribution in [0.4, 0.5) is 28.9 Å². The summed E-state index contributed by atoms with van der Waals surface area (Å²) in [5.74, 6) is 5.99. The van der Waals surface area contributed by atoms with Gasteiger partial charge in [-0.1, -0.05) is 12.0 Å². The summed E-state index contributed by atoms with van der Waals surface area (Å²) in [5.41, 5.74) is 1.67. The fraction of sp³-hybridized carbons (Fsp3) is 0.429. The molecule has 2 aromatic carbocycles. The molecular weight excluding hydrogens is 548 g/mol. The molecule has 0 aliphatic carbocycles. The van der Waals surface area contributed by atoms with Gasteiger partial charge >= 0.3 is 6.18 Å². The van der Waals surface area contributed by atoms with Crippen molar-refractivity contribution in [2.75, 3.05) is 57.3 Å². The van der Waals surface area contributed by atoms with Crippen molar-refractivity contribution in [3.63, 3.8) is 0 Å². The Morgan fingerprint density at radius 2 is 1.95 bits per heavy atom. The summed E-state index contributed by atoms with van der Waals surface area (Å²) in [6.45, 7) is -0.132. The van der Waals surface area contributed by atoms with Crippen LogP contribution >= 0.6 is 0 Å². The molecule has 40 heavy (non-hydrogen) atoms. The molecule has 216 valence electrons. The Bertz CT molecular complexity index is 1540. The maximum Gasteiger partial charge on any atom is 0.406 e. The molecule has 7 nitrogen and oxygen atoms in total. The highest BCUT2D eigenvalue weighted by molar-refractivity contribution is 7.90. The lowest BCUT2D eigenvalue weighted by Crippen LogP contribution is -2.50. The van der Waals surface area contributed by atoms with E-state index in [1.165, 1.54) is 19.2 Å². The van der Waals surface area contributed by atoms with Crippen LogP contribution in [0.3, 0.4) is 0 Å². The third kappa shape index (κ3) is 6.64. The number of piperidine rings is 1. The van der Waals surface area contributed by atoms with Crippen molar-refractivity contribution >= 4 is 32.1 Å². The Hall–Kier alpha value is -3.43. The number of sulfone groups is 1. The molecule has 0 bridgehead atoms. The van der Waals surface area contributed by atoms with E-state index in [4.69, 9.17) is 4.74 Å². The highest BCUT2D eigenvalue weighted by Crippen LogP contribution is 2.34. The number of hydrogen-bond donors (Lipinski definition) is 1. The second-order valence-electron chi connectivity index (χ2n) is 9.98. The van der Waals surface area contributed by atoms with Gasteiger partial charge in [0, 0.05) is 43.5 Å². The molecule has 0 saturated carbocycles. The third-order valence-electron chi connectivity index (χ3n) is 7.03. The number of alkyl halides is 4. The molecule has 0 unspecified atom stereocenters. The van der Waals surface area contributed by atoms with Crippen molar-refractivity contribution in [3.8, 4) is 17.6 Å². The van der Waals surface area contributed by atoms with Crippen LogP contribution < -0.4 is 15.0 Å². The molecule has 4 rings (SSSR count).